The Balaban J connectivity index is 2.40. The quantitative estimate of drug-likeness (QED) is 0.650. The van der Waals surface area contributed by atoms with Gasteiger partial charge in [0, 0.05) is 28.7 Å². The van der Waals surface area contributed by atoms with Crippen LogP contribution in [0.4, 0.5) is 0 Å². The van der Waals surface area contributed by atoms with E-state index < -0.39 is 17.7 Å². The van der Waals surface area contributed by atoms with Gasteiger partial charge < -0.3 is 5.11 Å². The highest BCUT2D eigenvalue weighted by atomic mass is 16.4. The minimum absolute atomic E-state index is 0.0260. The topological polar surface area (TPSA) is 71.4 Å². The molecule has 1 N–H and O–H groups in total. The van der Waals surface area contributed by atoms with Crippen molar-refractivity contribution in [2.24, 2.45) is 5.92 Å². The molecule has 0 heterocycles. The number of carboxylic acids is 1. The zero-order valence-electron chi connectivity index (χ0n) is 13.5. The van der Waals surface area contributed by atoms with Crippen LogP contribution in [0.25, 0.3) is 0 Å². The van der Waals surface area contributed by atoms with E-state index in [9.17, 15) is 14.4 Å². The number of aliphatic carboxylic acids is 1. The molecule has 0 aliphatic heterocycles. The summed E-state index contributed by atoms with van der Waals surface area (Å²) in [5.41, 5.74) is 1.67. The number of Topliss-reactive ketones (excluding diaryl/α,β-unsaturated/α-hetero) is 2. The zero-order valence-corrected chi connectivity index (χ0v) is 13.5. The van der Waals surface area contributed by atoms with Crippen LogP contribution in [-0.4, -0.2) is 22.6 Å². The van der Waals surface area contributed by atoms with Crippen LogP contribution >= 0.6 is 0 Å². The number of hydrogen-bond donors (Lipinski definition) is 1. The number of carbonyl (C=O) groups is 3. The second kappa shape index (κ2) is 7.51. The third-order valence-electron chi connectivity index (χ3n) is 3.74. The van der Waals surface area contributed by atoms with Gasteiger partial charge in [0.05, 0.1) is 0 Å². The minimum Gasteiger partial charge on any atom is -0.478 e. The van der Waals surface area contributed by atoms with Gasteiger partial charge in [0.25, 0.3) is 0 Å². The molecule has 1 atom stereocenters. The maximum absolute atomic E-state index is 12.7. The minimum atomic E-state index is -1.25. The van der Waals surface area contributed by atoms with E-state index in [1.807, 2.05) is 13.0 Å². The maximum Gasteiger partial charge on any atom is 0.328 e. The van der Waals surface area contributed by atoms with Crippen LogP contribution in [-0.2, 0) is 4.79 Å². The first-order chi connectivity index (χ1) is 11.4. The van der Waals surface area contributed by atoms with E-state index in [0.717, 1.165) is 11.6 Å². The van der Waals surface area contributed by atoms with E-state index in [0.29, 0.717) is 11.1 Å². The van der Waals surface area contributed by atoms with Crippen molar-refractivity contribution in [2.75, 3.05) is 0 Å². The van der Waals surface area contributed by atoms with Gasteiger partial charge in [-0.25, -0.2) is 4.79 Å². The maximum atomic E-state index is 12.7. The normalized spacial score (nSPS) is 12.5. The van der Waals surface area contributed by atoms with Crippen molar-refractivity contribution in [1.82, 2.24) is 0 Å². The first-order valence-electron chi connectivity index (χ1n) is 7.55. The SMILES string of the molecule is Cc1cccc(C(=O)C(=CC(=O)O)C(C)C(=O)c2ccccc2)c1. The van der Waals surface area contributed by atoms with Gasteiger partial charge in [0.2, 0.25) is 0 Å². The molecule has 0 fully saturated rings. The Hall–Kier alpha value is -3.01. The molecule has 0 amide bonds. The van der Waals surface area contributed by atoms with E-state index in [1.54, 1.807) is 55.5 Å². The van der Waals surface area contributed by atoms with Crippen LogP contribution in [0.1, 0.15) is 33.2 Å². The first-order valence-corrected chi connectivity index (χ1v) is 7.55. The lowest BCUT2D eigenvalue weighted by molar-refractivity contribution is -0.131. The molecule has 0 aliphatic rings. The van der Waals surface area contributed by atoms with Gasteiger partial charge >= 0.3 is 5.97 Å². The summed E-state index contributed by atoms with van der Waals surface area (Å²) in [6.45, 7) is 3.40. The highest BCUT2D eigenvalue weighted by Gasteiger charge is 2.26. The van der Waals surface area contributed by atoms with Crippen molar-refractivity contribution in [3.05, 3.63) is 82.9 Å². The molecule has 0 aliphatic carbocycles. The van der Waals surface area contributed by atoms with Crippen molar-refractivity contribution in [3.8, 4) is 0 Å². The highest BCUT2D eigenvalue weighted by molar-refractivity contribution is 6.16. The molecule has 122 valence electrons. The van der Waals surface area contributed by atoms with Gasteiger partial charge in [-0.05, 0) is 13.0 Å². The number of hydrogen-bond acceptors (Lipinski definition) is 3. The van der Waals surface area contributed by atoms with Crippen molar-refractivity contribution < 1.29 is 19.5 Å². The number of carboxylic acid groups (broad SMARTS) is 1. The molecule has 2 aromatic rings. The molecule has 4 nitrogen and oxygen atoms in total. The van der Waals surface area contributed by atoms with Crippen LogP contribution in [0.15, 0.2) is 66.2 Å². The number of ketones is 2. The van der Waals surface area contributed by atoms with E-state index in [1.165, 1.54) is 0 Å². The Kier molecular flexibility index (Phi) is 5.42. The third-order valence-corrected chi connectivity index (χ3v) is 3.74. The number of benzene rings is 2. The molecule has 0 aromatic heterocycles. The fraction of sp³-hybridized carbons (Fsp3) is 0.150. The summed E-state index contributed by atoms with van der Waals surface area (Å²) in [5, 5.41) is 9.10. The largest absolute Gasteiger partial charge is 0.478 e. The zero-order chi connectivity index (χ0) is 17.7. The molecular formula is C20H18O4. The third kappa shape index (κ3) is 4.04. The van der Waals surface area contributed by atoms with Gasteiger partial charge in [0.15, 0.2) is 11.6 Å². The monoisotopic (exact) mass is 322 g/mol. The summed E-state index contributed by atoms with van der Waals surface area (Å²) in [4.78, 5) is 36.4. The smallest absolute Gasteiger partial charge is 0.328 e. The standard InChI is InChI=1S/C20H18O4/c1-13-7-6-10-16(11-13)20(24)17(12-18(21)22)14(2)19(23)15-8-4-3-5-9-15/h3-12,14H,1-2H3,(H,21,22). The summed E-state index contributed by atoms with van der Waals surface area (Å²) in [5.74, 6) is -2.84. The van der Waals surface area contributed by atoms with Crippen molar-refractivity contribution in [2.45, 2.75) is 13.8 Å². The van der Waals surface area contributed by atoms with Crippen LogP contribution in [0.5, 0.6) is 0 Å². The molecular weight excluding hydrogens is 304 g/mol. The van der Waals surface area contributed by atoms with Crippen LogP contribution in [0.2, 0.25) is 0 Å². The predicted molar refractivity (Wildman–Crippen MR) is 91.2 cm³/mol. The molecule has 2 rings (SSSR count). The Morgan fingerprint density at radius 2 is 1.58 bits per heavy atom. The lowest BCUT2D eigenvalue weighted by atomic mass is 9.87. The average molecular weight is 322 g/mol. The van der Waals surface area contributed by atoms with Crippen LogP contribution in [0.3, 0.4) is 0 Å². The Labute approximate surface area is 140 Å². The molecule has 0 saturated carbocycles. The molecule has 0 radical (unpaired) electrons. The molecule has 24 heavy (non-hydrogen) atoms. The van der Waals surface area contributed by atoms with E-state index >= 15 is 0 Å². The van der Waals surface area contributed by atoms with Gasteiger partial charge in [-0.15, -0.1) is 0 Å². The summed E-state index contributed by atoms with van der Waals surface area (Å²) in [7, 11) is 0. The van der Waals surface area contributed by atoms with Crippen molar-refractivity contribution in [3.63, 3.8) is 0 Å². The summed E-state index contributed by atoms with van der Waals surface area (Å²) in [6.07, 6.45) is 0.830. The van der Waals surface area contributed by atoms with Gasteiger partial charge in [-0.1, -0.05) is 61.0 Å². The summed E-state index contributed by atoms with van der Waals surface area (Å²) < 4.78 is 0. The first kappa shape index (κ1) is 17.3. The fourth-order valence-corrected chi connectivity index (χ4v) is 2.47. The van der Waals surface area contributed by atoms with E-state index in [2.05, 4.69) is 0 Å². The summed E-state index contributed by atoms with van der Waals surface area (Å²) >= 11 is 0. The summed E-state index contributed by atoms with van der Waals surface area (Å²) in [6, 6.07) is 15.4. The lowest BCUT2D eigenvalue weighted by Gasteiger charge is -2.14. The number of rotatable bonds is 6. The number of carbonyl (C=O) groups excluding carboxylic acids is 2. The second-order valence-corrected chi connectivity index (χ2v) is 5.59. The Morgan fingerprint density at radius 1 is 0.958 bits per heavy atom. The molecule has 2 aromatic carbocycles. The van der Waals surface area contributed by atoms with E-state index in [4.69, 9.17) is 5.11 Å². The van der Waals surface area contributed by atoms with Crippen LogP contribution in [0, 0.1) is 12.8 Å². The van der Waals surface area contributed by atoms with Gasteiger partial charge in [-0.3, -0.25) is 9.59 Å². The van der Waals surface area contributed by atoms with Gasteiger partial charge in [-0.2, -0.15) is 0 Å². The van der Waals surface area contributed by atoms with Crippen LogP contribution < -0.4 is 0 Å². The Morgan fingerprint density at radius 3 is 2.17 bits per heavy atom. The molecule has 0 saturated heterocycles. The average Bonchev–Trinajstić information content (AvgIpc) is 2.58. The highest BCUT2D eigenvalue weighted by Crippen LogP contribution is 2.22. The molecule has 1 unspecified atom stereocenters. The number of allylic oxidation sites excluding steroid dienone is 1. The van der Waals surface area contributed by atoms with Gasteiger partial charge in [0.1, 0.15) is 0 Å². The predicted octanol–water partition coefficient (Wildman–Crippen LogP) is 3.71. The Bertz CT molecular complexity index is 803. The number of aryl methyl sites for hydroxylation is 1. The molecule has 4 heteroatoms. The van der Waals surface area contributed by atoms with Crippen molar-refractivity contribution >= 4 is 17.5 Å². The second-order valence-electron chi connectivity index (χ2n) is 5.59. The van der Waals surface area contributed by atoms with Crippen molar-refractivity contribution in [1.29, 1.82) is 0 Å². The molecule has 0 spiro atoms. The molecule has 0 bridgehead atoms. The lowest BCUT2D eigenvalue weighted by Crippen LogP contribution is -2.21. The van der Waals surface area contributed by atoms with E-state index in [-0.39, 0.29) is 11.4 Å². The fourth-order valence-electron chi connectivity index (χ4n) is 2.47.